The molecule has 1 N–H and O–H groups in total. The predicted octanol–water partition coefficient (Wildman–Crippen LogP) is 3.92. The zero-order chi connectivity index (χ0) is 22.1. The Bertz CT molecular complexity index is 1210. The standard InChI is InChI=1S/C22H14Cl2N2O5/c23-16-8-14-15(9-17(16)24)22(30)26(21(14)29)10-20(28)31-11-19(27)25-18-7-3-5-12-4-1-2-6-13(12)18/h1-9H,10-11H2,(H,25,27). The van der Waals surface area contributed by atoms with Gasteiger partial charge < -0.3 is 10.1 Å². The molecule has 0 saturated heterocycles. The van der Waals surface area contributed by atoms with Crippen LogP contribution in [-0.4, -0.2) is 41.7 Å². The highest BCUT2D eigenvalue weighted by Gasteiger charge is 2.37. The number of rotatable bonds is 5. The zero-order valence-corrected chi connectivity index (χ0v) is 17.4. The molecular formula is C22H14Cl2N2O5. The lowest BCUT2D eigenvalue weighted by Gasteiger charge is -2.13. The maximum Gasteiger partial charge on any atom is 0.326 e. The normalized spacial score (nSPS) is 12.8. The van der Waals surface area contributed by atoms with Gasteiger partial charge in [-0.05, 0) is 23.6 Å². The van der Waals surface area contributed by atoms with E-state index in [0.29, 0.717) is 5.69 Å². The first-order valence-electron chi connectivity index (χ1n) is 9.13. The minimum atomic E-state index is -0.903. The highest BCUT2D eigenvalue weighted by molar-refractivity contribution is 6.43. The van der Waals surface area contributed by atoms with Crippen molar-refractivity contribution < 1.29 is 23.9 Å². The number of esters is 1. The highest BCUT2D eigenvalue weighted by atomic mass is 35.5. The number of imide groups is 1. The third-order valence-electron chi connectivity index (χ3n) is 4.73. The molecule has 9 heteroatoms. The van der Waals surface area contributed by atoms with Gasteiger partial charge in [0.1, 0.15) is 6.54 Å². The van der Waals surface area contributed by atoms with Crippen molar-refractivity contribution in [2.75, 3.05) is 18.5 Å². The van der Waals surface area contributed by atoms with Gasteiger partial charge in [-0.3, -0.25) is 24.1 Å². The molecule has 0 bridgehead atoms. The monoisotopic (exact) mass is 456 g/mol. The Labute approximate surface area is 186 Å². The number of hydrogen-bond donors (Lipinski definition) is 1. The van der Waals surface area contributed by atoms with Crippen LogP contribution in [0.3, 0.4) is 0 Å². The number of carbonyl (C=O) groups is 4. The van der Waals surface area contributed by atoms with E-state index in [-0.39, 0.29) is 21.2 Å². The third kappa shape index (κ3) is 4.10. The summed E-state index contributed by atoms with van der Waals surface area (Å²) >= 11 is 11.8. The van der Waals surface area contributed by atoms with Gasteiger partial charge in [-0.15, -0.1) is 0 Å². The number of nitrogens with one attached hydrogen (secondary N) is 1. The third-order valence-corrected chi connectivity index (χ3v) is 5.45. The Hall–Kier alpha value is -3.42. The molecule has 0 saturated carbocycles. The first-order chi connectivity index (χ1) is 14.8. The van der Waals surface area contributed by atoms with Crippen molar-refractivity contribution in [3.63, 3.8) is 0 Å². The van der Waals surface area contributed by atoms with Crippen molar-refractivity contribution in [3.05, 3.63) is 75.8 Å². The second kappa shape index (κ2) is 8.37. The zero-order valence-electron chi connectivity index (χ0n) is 15.9. The van der Waals surface area contributed by atoms with Crippen molar-refractivity contribution in [2.45, 2.75) is 0 Å². The molecule has 7 nitrogen and oxygen atoms in total. The molecule has 1 aliphatic heterocycles. The summed E-state index contributed by atoms with van der Waals surface area (Å²) in [5.74, 6) is -2.82. The van der Waals surface area contributed by atoms with Crippen LogP contribution >= 0.6 is 23.2 Å². The van der Waals surface area contributed by atoms with Crippen LogP contribution in [0, 0.1) is 0 Å². The van der Waals surface area contributed by atoms with Gasteiger partial charge in [-0.2, -0.15) is 0 Å². The number of halogens is 2. The Balaban J connectivity index is 1.37. The first-order valence-corrected chi connectivity index (χ1v) is 9.89. The molecule has 0 radical (unpaired) electrons. The quantitative estimate of drug-likeness (QED) is 0.463. The summed E-state index contributed by atoms with van der Waals surface area (Å²) < 4.78 is 4.94. The summed E-state index contributed by atoms with van der Waals surface area (Å²) in [5.41, 5.74) is 0.690. The van der Waals surface area contributed by atoms with Crippen LogP contribution in [0.25, 0.3) is 10.8 Å². The summed E-state index contributed by atoms with van der Waals surface area (Å²) in [6, 6.07) is 15.5. The van der Waals surface area contributed by atoms with Crippen LogP contribution in [-0.2, 0) is 14.3 Å². The fourth-order valence-corrected chi connectivity index (χ4v) is 3.60. The molecule has 156 valence electrons. The van der Waals surface area contributed by atoms with Gasteiger partial charge >= 0.3 is 5.97 Å². The largest absolute Gasteiger partial charge is 0.454 e. The maximum atomic E-state index is 12.4. The van der Waals surface area contributed by atoms with Crippen LogP contribution in [0.15, 0.2) is 54.6 Å². The Morgan fingerprint density at radius 1 is 0.903 bits per heavy atom. The number of ether oxygens (including phenoxy) is 1. The lowest BCUT2D eigenvalue weighted by molar-refractivity contribution is -0.147. The lowest BCUT2D eigenvalue weighted by atomic mass is 10.1. The molecule has 0 unspecified atom stereocenters. The fraction of sp³-hybridized carbons (Fsp3) is 0.0909. The van der Waals surface area contributed by atoms with Crippen molar-refractivity contribution in [2.24, 2.45) is 0 Å². The summed E-state index contributed by atoms with van der Waals surface area (Å²) in [7, 11) is 0. The van der Waals surface area contributed by atoms with Gasteiger partial charge in [0.15, 0.2) is 6.61 Å². The van der Waals surface area contributed by atoms with Gasteiger partial charge in [0.05, 0.1) is 21.2 Å². The molecule has 0 fully saturated rings. The molecule has 3 amide bonds. The van der Waals surface area contributed by atoms with Crippen molar-refractivity contribution >= 4 is 63.4 Å². The fourth-order valence-electron chi connectivity index (χ4n) is 3.27. The number of benzene rings is 3. The molecule has 1 aliphatic rings. The Kier molecular flexibility index (Phi) is 5.63. The lowest BCUT2D eigenvalue weighted by Crippen LogP contribution is -2.36. The van der Waals surface area contributed by atoms with Crippen molar-refractivity contribution in [1.29, 1.82) is 0 Å². The molecule has 31 heavy (non-hydrogen) atoms. The number of amides is 3. The number of nitrogens with zero attached hydrogens (tertiary/aromatic N) is 1. The average Bonchev–Trinajstić information content (AvgIpc) is 2.97. The molecular weight excluding hydrogens is 443 g/mol. The van der Waals surface area contributed by atoms with Gasteiger partial charge in [0.25, 0.3) is 17.7 Å². The van der Waals surface area contributed by atoms with E-state index >= 15 is 0 Å². The molecule has 1 heterocycles. The summed E-state index contributed by atoms with van der Waals surface area (Å²) in [6.07, 6.45) is 0. The van der Waals surface area contributed by atoms with Gasteiger partial charge in [-0.25, -0.2) is 0 Å². The Morgan fingerprint density at radius 3 is 2.19 bits per heavy atom. The van der Waals surface area contributed by atoms with E-state index in [0.717, 1.165) is 15.7 Å². The summed E-state index contributed by atoms with van der Waals surface area (Å²) in [6.45, 7) is -1.20. The number of fused-ring (bicyclic) bond motifs is 2. The van der Waals surface area contributed by atoms with E-state index in [1.54, 1.807) is 12.1 Å². The van der Waals surface area contributed by atoms with Crippen LogP contribution < -0.4 is 5.32 Å². The van der Waals surface area contributed by atoms with Gasteiger partial charge in [0.2, 0.25) is 0 Å². The second-order valence-electron chi connectivity index (χ2n) is 6.74. The van der Waals surface area contributed by atoms with Crippen molar-refractivity contribution in [3.8, 4) is 0 Å². The molecule has 3 aromatic rings. The van der Waals surface area contributed by atoms with E-state index in [1.807, 2.05) is 30.3 Å². The smallest absolute Gasteiger partial charge is 0.326 e. The van der Waals surface area contributed by atoms with Crippen molar-refractivity contribution in [1.82, 2.24) is 4.90 Å². The number of anilines is 1. The van der Waals surface area contributed by atoms with Gasteiger partial charge in [-0.1, -0.05) is 59.6 Å². The number of carbonyl (C=O) groups excluding carboxylic acids is 4. The van der Waals surface area contributed by atoms with E-state index in [2.05, 4.69) is 5.32 Å². The molecule has 0 aliphatic carbocycles. The highest BCUT2D eigenvalue weighted by Crippen LogP contribution is 2.31. The summed E-state index contributed by atoms with van der Waals surface area (Å²) in [5, 5.41) is 4.72. The van der Waals surface area contributed by atoms with Crippen LogP contribution in [0.1, 0.15) is 20.7 Å². The van der Waals surface area contributed by atoms with E-state index in [9.17, 15) is 19.2 Å². The minimum absolute atomic E-state index is 0.0564. The van der Waals surface area contributed by atoms with E-state index in [1.165, 1.54) is 12.1 Å². The van der Waals surface area contributed by atoms with Gasteiger partial charge in [0, 0.05) is 11.1 Å². The maximum absolute atomic E-state index is 12.4. The topological polar surface area (TPSA) is 92.8 Å². The van der Waals surface area contributed by atoms with Crippen LogP contribution in [0.4, 0.5) is 5.69 Å². The summed E-state index contributed by atoms with van der Waals surface area (Å²) in [4.78, 5) is 49.9. The molecule has 3 aromatic carbocycles. The van der Waals surface area contributed by atoms with E-state index < -0.39 is 36.8 Å². The molecule has 0 spiro atoms. The van der Waals surface area contributed by atoms with Crippen LogP contribution in [0.5, 0.6) is 0 Å². The predicted molar refractivity (Wildman–Crippen MR) is 115 cm³/mol. The minimum Gasteiger partial charge on any atom is -0.454 e. The number of hydrogen-bond acceptors (Lipinski definition) is 5. The Morgan fingerprint density at radius 2 is 1.52 bits per heavy atom. The average molecular weight is 457 g/mol. The molecule has 0 aromatic heterocycles. The van der Waals surface area contributed by atoms with Crippen LogP contribution in [0.2, 0.25) is 10.0 Å². The first kappa shape index (κ1) is 20.8. The molecule has 4 rings (SSSR count). The second-order valence-corrected chi connectivity index (χ2v) is 7.56. The SMILES string of the molecule is O=C(COC(=O)CN1C(=O)c2cc(Cl)c(Cl)cc2C1=O)Nc1cccc2ccccc12. The molecule has 0 atom stereocenters. The van der Waals surface area contributed by atoms with E-state index in [4.69, 9.17) is 27.9 Å².